The molecule has 0 radical (unpaired) electrons. The van der Waals surface area contributed by atoms with Gasteiger partial charge >= 0.3 is 6.18 Å². The standard InChI is InChI=1S/C29H33BrClF3N6O2/c1-17-14-40(18(2)13-39(17)22-7-9-38(10-8-22)15-19-3-5-20(30)6-4-19)28-23(31)11-21(12-35-28)37-25-24(26(41)27(25)42)36-16-29(32,33)34/h3-6,11-12,17-18,22,36-37H,7-10,13-16H2,1-2H3/t17-,18+/m1/s1. The lowest BCUT2D eigenvalue weighted by atomic mass is 9.97. The van der Waals surface area contributed by atoms with E-state index in [1.54, 1.807) is 6.07 Å². The number of alkyl halides is 3. The molecule has 0 aliphatic carbocycles. The number of halogens is 5. The van der Waals surface area contributed by atoms with Gasteiger partial charge in [-0.3, -0.25) is 19.4 Å². The summed E-state index contributed by atoms with van der Waals surface area (Å²) in [5, 5.41) is 5.05. The van der Waals surface area contributed by atoms with Crippen molar-refractivity contribution in [2.45, 2.75) is 57.5 Å². The Morgan fingerprint density at radius 2 is 1.69 bits per heavy atom. The molecule has 2 aliphatic heterocycles. The SMILES string of the molecule is C[C@@H]1CN(c2ncc(Nc3c(NCC(F)(F)F)c(=O)c3=O)cc2Cl)[C@@H](C)CN1C1CCN(Cc2ccc(Br)cc2)CC1. The number of hydrogen-bond acceptors (Lipinski definition) is 8. The maximum absolute atomic E-state index is 12.6. The topological polar surface area (TPSA) is 80.8 Å². The first-order valence-electron chi connectivity index (χ1n) is 14.0. The van der Waals surface area contributed by atoms with Gasteiger partial charge in [-0.1, -0.05) is 39.7 Å². The lowest BCUT2D eigenvalue weighted by Gasteiger charge is -2.49. The van der Waals surface area contributed by atoms with E-state index in [1.165, 1.54) is 11.8 Å². The zero-order valence-corrected chi connectivity index (χ0v) is 25.7. The predicted molar refractivity (Wildman–Crippen MR) is 164 cm³/mol. The van der Waals surface area contributed by atoms with Crippen LogP contribution in [0.25, 0.3) is 0 Å². The maximum Gasteiger partial charge on any atom is 0.405 e. The number of piperidine rings is 1. The number of nitrogens with one attached hydrogen (secondary N) is 2. The van der Waals surface area contributed by atoms with E-state index in [1.807, 2.05) is 5.32 Å². The fourth-order valence-electron chi connectivity index (χ4n) is 5.94. The summed E-state index contributed by atoms with van der Waals surface area (Å²) in [4.78, 5) is 35.6. The van der Waals surface area contributed by atoms with E-state index in [4.69, 9.17) is 11.6 Å². The van der Waals surface area contributed by atoms with Crippen LogP contribution in [0.4, 0.5) is 36.1 Å². The lowest BCUT2D eigenvalue weighted by Crippen LogP contribution is -2.61. The zero-order chi connectivity index (χ0) is 30.2. The van der Waals surface area contributed by atoms with Gasteiger partial charge in [0.25, 0.3) is 10.9 Å². The first-order chi connectivity index (χ1) is 19.9. The number of hydrogen-bond donors (Lipinski definition) is 2. The summed E-state index contributed by atoms with van der Waals surface area (Å²) < 4.78 is 38.8. The second-order valence-electron chi connectivity index (χ2n) is 11.2. The van der Waals surface area contributed by atoms with Gasteiger partial charge in [0.15, 0.2) is 0 Å². The Kier molecular flexibility index (Phi) is 9.17. The molecule has 2 saturated heterocycles. The molecule has 0 bridgehead atoms. The van der Waals surface area contributed by atoms with Gasteiger partial charge in [0.05, 0.1) is 16.9 Å². The molecule has 0 amide bonds. The first kappa shape index (κ1) is 30.8. The largest absolute Gasteiger partial charge is 0.405 e. The molecule has 0 unspecified atom stereocenters. The quantitative estimate of drug-likeness (QED) is 0.310. The summed E-state index contributed by atoms with van der Waals surface area (Å²) in [6.45, 7) is 7.63. The van der Waals surface area contributed by atoms with Gasteiger partial charge < -0.3 is 15.5 Å². The van der Waals surface area contributed by atoms with Gasteiger partial charge in [0.2, 0.25) is 0 Å². The van der Waals surface area contributed by atoms with E-state index < -0.39 is 29.3 Å². The summed E-state index contributed by atoms with van der Waals surface area (Å²) in [6, 6.07) is 11.0. The molecule has 2 aromatic carbocycles. The van der Waals surface area contributed by atoms with Gasteiger partial charge in [-0.15, -0.1) is 0 Å². The molecule has 42 heavy (non-hydrogen) atoms. The molecule has 2 fully saturated rings. The molecule has 1 aromatic heterocycles. The minimum absolute atomic E-state index is 0.150. The summed E-state index contributed by atoms with van der Waals surface area (Å²) in [7, 11) is 0. The molecule has 2 atom stereocenters. The Hall–Kier alpha value is -2.67. The number of pyridine rings is 1. The molecule has 226 valence electrons. The Bertz CT molecular complexity index is 1470. The number of benzene rings is 1. The highest BCUT2D eigenvalue weighted by atomic mass is 79.9. The van der Waals surface area contributed by atoms with E-state index in [2.05, 4.69) is 79.0 Å². The Morgan fingerprint density at radius 3 is 2.33 bits per heavy atom. The molecule has 8 nitrogen and oxygen atoms in total. The van der Waals surface area contributed by atoms with E-state index >= 15 is 0 Å². The molecule has 2 N–H and O–H groups in total. The molecule has 3 aromatic rings. The maximum atomic E-state index is 12.6. The molecule has 5 rings (SSSR count). The Morgan fingerprint density at radius 1 is 1.02 bits per heavy atom. The third-order valence-electron chi connectivity index (χ3n) is 8.12. The molecule has 3 heterocycles. The van der Waals surface area contributed by atoms with Crippen molar-refractivity contribution < 1.29 is 13.2 Å². The highest BCUT2D eigenvalue weighted by molar-refractivity contribution is 9.10. The Labute approximate surface area is 255 Å². The normalized spacial score (nSPS) is 21.2. The van der Waals surface area contributed by atoms with Crippen LogP contribution in [-0.2, 0) is 6.54 Å². The highest BCUT2D eigenvalue weighted by Crippen LogP contribution is 2.33. The second kappa shape index (κ2) is 12.5. The van der Waals surface area contributed by atoms with Gasteiger partial charge in [-0.05, 0) is 63.5 Å². The third kappa shape index (κ3) is 6.93. The van der Waals surface area contributed by atoms with E-state index in [0.717, 1.165) is 50.0 Å². The highest BCUT2D eigenvalue weighted by Gasteiger charge is 2.36. The summed E-state index contributed by atoms with van der Waals surface area (Å²) in [5.41, 5.74) is -0.879. The van der Waals surface area contributed by atoms with Crippen molar-refractivity contribution in [2.75, 3.05) is 48.3 Å². The smallest absolute Gasteiger partial charge is 0.371 e. The average Bonchev–Trinajstić information content (AvgIpc) is 2.95. The van der Waals surface area contributed by atoms with Crippen LogP contribution < -0.4 is 26.4 Å². The summed E-state index contributed by atoms with van der Waals surface area (Å²) in [5.74, 6) is 0.603. The third-order valence-corrected chi connectivity index (χ3v) is 8.93. The van der Waals surface area contributed by atoms with Crippen molar-refractivity contribution in [3.8, 4) is 0 Å². The van der Waals surface area contributed by atoms with Crippen LogP contribution in [0.1, 0.15) is 32.3 Å². The van der Waals surface area contributed by atoms with E-state index in [9.17, 15) is 22.8 Å². The van der Waals surface area contributed by atoms with E-state index in [0.29, 0.717) is 22.6 Å². The van der Waals surface area contributed by atoms with Crippen LogP contribution >= 0.6 is 27.5 Å². The van der Waals surface area contributed by atoms with Gasteiger partial charge in [-0.2, -0.15) is 13.2 Å². The minimum Gasteiger partial charge on any atom is -0.371 e. The molecular formula is C29H33BrClF3N6O2. The van der Waals surface area contributed by atoms with Crippen LogP contribution in [0.3, 0.4) is 0 Å². The van der Waals surface area contributed by atoms with Gasteiger partial charge in [0.1, 0.15) is 23.7 Å². The average molecular weight is 670 g/mol. The van der Waals surface area contributed by atoms with Gasteiger partial charge in [0, 0.05) is 42.2 Å². The molecule has 2 aliphatic rings. The number of likely N-dealkylation sites (tertiary alicyclic amines) is 1. The summed E-state index contributed by atoms with van der Waals surface area (Å²) in [6.07, 6.45) is -0.830. The number of aromatic nitrogens is 1. The minimum atomic E-state index is -4.53. The van der Waals surface area contributed by atoms with Gasteiger partial charge in [-0.25, -0.2) is 4.98 Å². The Balaban J connectivity index is 1.18. The first-order valence-corrected chi connectivity index (χ1v) is 15.1. The number of nitrogens with zero attached hydrogens (tertiary/aromatic N) is 4. The fourth-order valence-corrected chi connectivity index (χ4v) is 6.48. The van der Waals surface area contributed by atoms with Crippen LogP contribution in [0.15, 0.2) is 50.6 Å². The number of rotatable bonds is 8. The van der Waals surface area contributed by atoms with Crippen LogP contribution in [0.5, 0.6) is 0 Å². The fraction of sp³-hybridized carbons (Fsp3) is 0.483. The molecule has 0 spiro atoms. The van der Waals surface area contributed by atoms with Crippen molar-refractivity contribution in [3.05, 3.63) is 72.0 Å². The van der Waals surface area contributed by atoms with Crippen molar-refractivity contribution >= 4 is 50.4 Å². The molecule has 13 heteroatoms. The predicted octanol–water partition coefficient (Wildman–Crippen LogP) is 5.37. The van der Waals surface area contributed by atoms with Crippen molar-refractivity contribution in [2.24, 2.45) is 0 Å². The number of piperazine rings is 1. The lowest BCUT2D eigenvalue weighted by molar-refractivity contribution is -0.115. The molecule has 0 saturated carbocycles. The van der Waals surface area contributed by atoms with Crippen molar-refractivity contribution in [1.82, 2.24) is 14.8 Å². The van der Waals surface area contributed by atoms with Crippen molar-refractivity contribution in [3.63, 3.8) is 0 Å². The van der Waals surface area contributed by atoms with E-state index in [-0.39, 0.29) is 17.8 Å². The zero-order valence-electron chi connectivity index (χ0n) is 23.3. The monoisotopic (exact) mass is 668 g/mol. The summed E-state index contributed by atoms with van der Waals surface area (Å²) >= 11 is 10.1. The van der Waals surface area contributed by atoms with Crippen molar-refractivity contribution in [1.29, 1.82) is 0 Å². The second-order valence-corrected chi connectivity index (χ2v) is 12.5. The van der Waals surface area contributed by atoms with Crippen LogP contribution in [-0.4, -0.2) is 71.8 Å². The number of anilines is 4. The van der Waals surface area contributed by atoms with Crippen LogP contribution in [0.2, 0.25) is 5.02 Å². The molecular weight excluding hydrogens is 637 g/mol. The van der Waals surface area contributed by atoms with Crippen LogP contribution in [0, 0.1) is 0 Å².